The molecule has 0 aliphatic carbocycles. The molecule has 5 amide bonds. The first-order valence-electron chi connectivity index (χ1n) is 9.48. The molecule has 0 heterocycles. The first kappa shape index (κ1) is 29.5. The summed E-state index contributed by atoms with van der Waals surface area (Å²) in [5.41, 5.74) is 15.8. The number of hydrogen-bond acceptors (Lipinski definition) is 9. The second-order valence-electron chi connectivity index (χ2n) is 6.77. The molecule has 182 valence electrons. The molecular weight excluding hydrogens is 464 g/mol. The molecule has 13 nitrogen and oxygen atoms in total. The second kappa shape index (κ2) is 15.3. The fourth-order valence-electron chi connectivity index (χ4n) is 2.37. The van der Waals surface area contributed by atoms with E-state index >= 15 is 0 Å². The maximum atomic E-state index is 12.7. The van der Waals surface area contributed by atoms with Crippen LogP contribution in [0.3, 0.4) is 0 Å². The standard InChI is InChI=1S/C17H30N6O7S2/c1-32-5-4-10(17(29)30)22-16(28)11(6-13(20)25)23-15(27)9(2-3-12(19)24)21-14(26)8(18)7-31/h8-11,31H,2-7,18H2,1H3,(H2,19,24)(H2,20,25)(H,21,26)(H,22,28)(H,23,27)(H,29,30). The van der Waals surface area contributed by atoms with Crippen LogP contribution in [-0.2, 0) is 28.8 Å². The van der Waals surface area contributed by atoms with E-state index in [1.807, 2.05) is 0 Å². The highest BCUT2D eigenvalue weighted by Crippen LogP contribution is 2.05. The number of thiol groups is 1. The van der Waals surface area contributed by atoms with E-state index in [9.17, 15) is 33.9 Å². The summed E-state index contributed by atoms with van der Waals surface area (Å²) in [7, 11) is 0. The van der Waals surface area contributed by atoms with Gasteiger partial charge in [-0.25, -0.2) is 4.79 Å². The van der Waals surface area contributed by atoms with Crippen LogP contribution >= 0.6 is 24.4 Å². The number of aliphatic carboxylic acids is 1. The molecule has 0 saturated heterocycles. The molecule has 32 heavy (non-hydrogen) atoms. The quantitative estimate of drug-likeness (QED) is 0.1000. The Morgan fingerprint density at radius 1 is 0.875 bits per heavy atom. The number of primary amides is 2. The highest BCUT2D eigenvalue weighted by molar-refractivity contribution is 7.98. The lowest BCUT2D eigenvalue weighted by Gasteiger charge is -2.24. The van der Waals surface area contributed by atoms with Crippen molar-refractivity contribution in [2.75, 3.05) is 17.8 Å². The number of rotatable bonds is 16. The van der Waals surface area contributed by atoms with Crippen molar-refractivity contribution in [2.24, 2.45) is 17.2 Å². The van der Waals surface area contributed by atoms with Crippen LogP contribution in [0.2, 0.25) is 0 Å². The number of carbonyl (C=O) groups excluding carboxylic acids is 5. The van der Waals surface area contributed by atoms with Gasteiger partial charge >= 0.3 is 5.97 Å². The van der Waals surface area contributed by atoms with E-state index in [2.05, 4.69) is 28.6 Å². The third-order valence-corrected chi connectivity index (χ3v) is 5.15. The average molecular weight is 495 g/mol. The van der Waals surface area contributed by atoms with Crippen LogP contribution in [0.25, 0.3) is 0 Å². The third-order valence-electron chi connectivity index (χ3n) is 4.11. The van der Waals surface area contributed by atoms with Crippen molar-refractivity contribution in [2.45, 2.75) is 49.9 Å². The molecule has 0 radical (unpaired) electrons. The van der Waals surface area contributed by atoms with Crippen LogP contribution in [0.5, 0.6) is 0 Å². The average Bonchev–Trinajstić information content (AvgIpc) is 2.71. The zero-order valence-electron chi connectivity index (χ0n) is 17.5. The number of nitrogens with one attached hydrogen (secondary N) is 3. The van der Waals surface area contributed by atoms with E-state index in [1.54, 1.807) is 6.26 Å². The molecule has 0 rings (SSSR count). The van der Waals surface area contributed by atoms with Gasteiger partial charge in [0.1, 0.15) is 18.1 Å². The molecule has 0 aliphatic rings. The molecule has 0 aliphatic heterocycles. The van der Waals surface area contributed by atoms with Gasteiger partial charge in [0.05, 0.1) is 12.5 Å². The molecule has 4 atom stereocenters. The Kier molecular flexibility index (Phi) is 14.1. The number of hydrogen-bond donors (Lipinski definition) is 8. The van der Waals surface area contributed by atoms with Gasteiger partial charge in [-0.05, 0) is 24.9 Å². The lowest BCUT2D eigenvalue weighted by Crippen LogP contribution is -2.58. The fourth-order valence-corrected chi connectivity index (χ4v) is 3.00. The highest BCUT2D eigenvalue weighted by Gasteiger charge is 2.31. The minimum absolute atomic E-state index is 0.0185. The van der Waals surface area contributed by atoms with Crippen LogP contribution in [-0.4, -0.2) is 82.5 Å². The Bertz CT molecular complexity index is 709. The SMILES string of the molecule is CSCCC(NC(=O)C(CC(N)=O)NC(=O)C(CCC(N)=O)NC(=O)C(N)CS)C(=O)O. The molecule has 0 aromatic rings. The van der Waals surface area contributed by atoms with Crippen molar-refractivity contribution in [3.05, 3.63) is 0 Å². The third kappa shape index (κ3) is 11.8. The summed E-state index contributed by atoms with van der Waals surface area (Å²) in [6.45, 7) is 0. The molecule has 0 aromatic heterocycles. The van der Waals surface area contributed by atoms with Gasteiger partial charge in [-0.1, -0.05) is 0 Å². The minimum atomic E-state index is -1.51. The van der Waals surface area contributed by atoms with Crippen LogP contribution < -0.4 is 33.2 Å². The molecule has 10 N–H and O–H groups in total. The van der Waals surface area contributed by atoms with Gasteiger partial charge < -0.3 is 38.3 Å². The number of carboxylic acids is 1. The lowest BCUT2D eigenvalue weighted by molar-refractivity contribution is -0.142. The summed E-state index contributed by atoms with van der Waals surface area (Å²) in [6.07, 6.45) is 0.772. The smallest absolute Gasteiger partial charge is 0.326 e. The van der Waals surface area contributed by atoms with Crippen LogP contribution in [0.4, 0.5) is 0 Å². The summed E-state index contributed by atoms with van der Waals surface area (Å²) in [4.78, 5) is 71.2. The zero-order chi connectivity index (χ0) is 24.8. The monoisotopic (exact) mass is 494 g/mol. The normalized spacial score (nSPS) is 14.3. The second-order valence-corrected chi connectivity index (χ2v) is 8.12. The molecule has 0 saturated carbocycles. The van der Waals surface area contributed by atoms with Gasteiger partial charge in [-0.15, -0.1) is 0 Å². The molecule has 0 fully saturated rings. The molecule has 0 bridgehead atoms. The Balaban J connectivity index is 5.49. The van der Waals surface area contributed by atoms with E-state index in [1.165, 1.54) is 11.8 Å². The maximum Gasteiger partial charge on any atom is 0.326 e. The van der Waals surface area contributed by atoms with Crippen molar-refractivity contribution in [3.8, 4) is 0 Å². The maximum absolute atomic E-state index is 12.7. The van der Waals surface area contributed by atoms with E-state index < -0.39 is 66.1 Å². The van der Waals surface area contributed by atoms with Gasteiger partial charge in [0.25, 0.3) is 0 Å². The Morgan fingerprint density at radius 3 is 1.88 bits per heavy atom. The van der Waals surface area contributed by atoms with Gasteiger partial charge in [0.2, 0.25) is 29.5 Å². The van der Waals surface area contributed by atoms with E-state index in [-0.39, 0.29) is 25.0 Å². The number of carboxylic acid groups (broad SMARTS) is 1. The summed E-state index contributed by atoms with van der Waals surface area (Å²) in [5.74, 6) is -5.13. The van der Waals surface area contributed by atoms with Crippen molar-refractivity contribution < 1.29 is 33.9 Å². The number of nitrogens with two attached hydrogens (primary N) is 3. The zero-order valence-corrected chi connectivity index (χ0v) is 19.2. The first-order valence-corrected chi connectivity index (χ1v) is 11.5. The Labute approximate surface area is 194 Å². The largest absolute Gasteiger partial charge is 0.480 e. The number of thioether (sulfide) groups is 1. The van der Waals surface area contributed by atoms with Crippen molar-refractivity contribution in [1.29, 1.82) is 0 Å². The van der Waals surface area contributed by atoms with Gasteiger partial charge in [0, 0.05) is 12.2 Å². The molecule has 0 aromatic carbocycles. The highest BCUT2D eigenvalue weighted by atomic mass is 32.2. The Morgan fingerprint density at radius 2 is 1.41 bits per heavy atom. The van der Waals surface area contributed by atoms with Gasteiger partial charge in [0.15, 0.2) is 0 Å². The molecular formula is C17H30N6O7S2. The number of carbonyl (C=O) groups is 6. The van der Waals surface area contributed by atoms with Crippen LogP contribution in [0, 0.1) is 0 Å². The predicted molar refractivity (Wildman–Crippen MR) is 120 cm³/mol. The fraction of sp³-hybridized carbons (Fsp3) is 0.647. The number of amides is 5. The molecule has 0 spiro atoms. The molecule has 4 unspecified atom stereocenters. The van der Waals surface area contributed by atoms with E-state index in [4.69, 9.17) is 17.2 Å². The topological polar surface area (TPSA) is 237 Å². The lowest BCUT2D eigenvalue weighted by atomic mass is 10.1. The Hall–Kier alpha value is -2.52. The first-order chi connectivity index (χ1) is 14.9. The van der Waals surface area contributed by atoms with Crippen molar-refractivity contribution in [3.63, 3.8) is 0 Å². The van der Waals surface area contributed by atoms with E-state index in [0.29, 0.717) is 5.75 Å². The van der Waals surface area contributed by atoms with Crippen LogP contribution in [0.15, 0.2) is 0 Å². The van der Waals surface area contributed by atoms with Gasteiger partial charge in [-0.3, -0.25) is 24.0 Å². The van der Waals surface area contributed by atoms with E-state index in [0.717, 1.165) is 0 Å². The summed E-state index contributed by atoms with van der Waals surface area (Å²) in [6, 6.07) is -5.11. The minimum Gasteiger partial charge on any atom is -0.480 e. The summed E-state index contributed by atoms with van der Waals surface area (Å²) in [5, 5.41) is 16.1. The molecule has 15 heteroatoms. The summed E-state index contributed by atoms with van der Waals surface area (Å²) < 4.78 is 0. The van der Waals surface area contributed by atoms with Gasteiger partial charge in [-0.2, -0.15) is 24.4 Å². The summed E-state index contributed by atoms with van der Waals surface area (Å²) >= 11 is 5.27. The predicted octanol–water partition coefficient (Wildman–Crippen LogP) is -3.32. The van der Waals surface area contributed by atoms with Crippen molar-refractivity contribution >= 4 is 59.9 Å². The van der Waals surface area contributed by atoms with Crippen LogP contribution in [0.1, 0.15) is 25.7 Å². The van der Waals surface area contributed by atoms with Crippen molar-refractivity contribution in [1.82, 2.24) is 16.0 Å².